The van der Waals surface area contributed by atoms with Gasteiger partial charge >= 0.3 is 0 Å². The van der Waals surface area contributed by atoms with Crippen molar-refractivity contribution in [2.24, 2.45) is 17.8 Å². The van der Waals surface area contributed by atoms with Gasteiger partial charge in [0.25, 0.3) is 0 Å². The summed E-state index contributed by atoms with van der Waals surface area (Å²) in [5.74, 6) is -0.302. The topological polar surface area (TPSA) is 37.4 Å². The molecule has 0 spiro atoms. The lowest BCUT2D eigenvalue weighted by atomic mass is 9.78. The van der Waals surface area contributed by atoms with Crippen molar-refractivity contribution >= 4 is 17.5 Å². The summed E-state index contributed by atoms with van der Waals surface area (Å²) in [5, 5.41) is 0. The van der Waals surface area contributed by atoms with Gasteiger partial charge in [-0.15, -0.1) is 0 Å². The molecular formula is C17H19NO2. The molecule has 3 rings (SSSR count). The van der Waals surface area contributed by atoms with Crippen LogP contribution in [0.4, 0.5) is 5.69 Å². The average molecular weight is 269 g/mol. The molecule has 3 nitrogen and oxygen atoms in total. The van der Waals surface area contributed by atoms with Crippen molar-refractivity contribution in [2.45, 2.75) is 27.2 Å². The lowest BCUT2D eigenvalue weighted by Crippen LogP contribution is -2.32. The van der Waals surface area contributed by atoms with E-state index >= 15 is 0 Å². The fourth-order valence-corrected chi connectivity index (χ4v) is 3.44. The second-order valence-electron chi connectivity index (χ2n) is 5.96. The van der Waals surface area contributed by atoms with Gasteiger partial charge in [-0.1, -0.05) is 36.8 Å². The van der Waals surface area contributed by atoms with Gasteiger partial charge in [0.1, 0.15) is 0 Å². The maximum atomic E-state index is 12.7. The summed E-state index contributed by atoms with van der Waals surface area (Å²) in [6.45, 7) is 5.98. The second kappa shape index (κ2) is 4.58. The van der Waals surface area contributed by atoms with Gasteiger partial charge in [-0.05, 0) is 37.8 Å². The summed E-state index contributed by atoms with van der Waals surface area (Å²) in [6.07, 6.45) is 4.77. The van der Waals surface area contributed by atoms with Gasteiger partial charge in [0.05, 0.1) is 17.5 Å². The van der Waals surface area contributed by atoms with E-state index in [-0.39, 0.29) is 29.6 Å². The third-order valence-electron chi connectivity index (χ3n) is 4.47. The molecule has 1 aliphatic heterocycles. The number of rotatable bonds is 1. The van der Waals surface area contributed by atoms with Crippen LogP contribution in [-0.4, -0.2) is 11.8 Å². The number of amides is 2. The van der Waals surface area contributed by atoms with E-state index in [1.165, 1.54) is 4.90 Å². The summed E-state index contributed by atoms with van der Waals surface area (Å²) >= 11 is 0. The Balaban J connectivity index is 2.03. The summed E-state index contributed by atoms with van der Waals surface area (Å²) in [7, 11) is 0. The van der Waals surface area contributed by atoms with Crippen LogP contribution in [0.15, 0.2) is 30.4 Å². The van der Waals surface area contributed by atoms with Gasteiger partial charge in [0, 0.05) is 0 Å². The molecule has 1 aliphatic carbocycles. The Kier molecular flexibility index (Phi) is 3.00. The smallest absolute Gasteiger partial charge is 0.238 e. The van der Waals surface area contributed by atoms with Gasteiger partial charge < -0.3 is 0 Å². The first-order chi connectivity index (χ1) is 9.50. The number of hydrogen-bond donors (Lipinski definition) is 0. The van der Waals surface area contributed by atoms with Crippen molar-refractivity contribution in [3.8, 4) is 0 Å². The molecule has 20 heavy (non-hydrogen) atoms. The molecule has 2 amide bonds. The number of aryl methyl sites for hydroxylation is 2. The lowest BCUT2D eigenvalue weighted by Gasteiger charge is -2.22. The quantitative estimate of drug-likeness (QED) is 0.580. The molecule has 0 aromatic heterocycles. The minimum Gasteiger partial charge on any atom is -0.274 e. The van der Waals surface area contributed by atoms with Gasteiger partial charge in [-0.3, -0.25) is 9.59 Å². The normalized spacial score (nSPS) is 28.9. The van der Waals surface area contributed by atoms with Crippen molar-refractivity contribution in [3.63, 3.8) is 0 Å². The number of carbonyl (C=O) groups is 2. The molecule has 3 atom stereocenters. The summed E-state index contributed by atoms with van der Waals surface area (Å²) in [4.78, 5) is 26.7. The van der Waals surface area contributed by atoms with Crippen molar-refractivity contribution in [3.05, 3.63) is 41.5 Å². The van der Waals surface area contributed by atoms with Gasteiger partial charge in [0.15, 0.2) is 0 Å². The molecule has 1 saturated heterocycles. The first kappa shape index (κ1) is 13.1. The van der Waals surface area contributed by atoms with E-state index in [1.807, 2.05) is 45.0 Å². The Morgan fingerprint density at radius 1 is 1.15 bits per heavy atom. The number of allylic oxidation sites excluding steroid dienone is 2. The molecule has 0 unspecified atom stereocenters. The molecule has 0 saturated carbocycles. The fourth-order valence-electron chi connectivity index (χ4n) is 3.44. The monoisotopic (exact) mass is 269 g/mol. The molecule has 1 aromatic carbocycles. The number of fused-ring (bicyclic) bond motifs is 1. The standard InChI is InChI=1S/C17H19NO2/c1-10-7-8-14(12(3)9-10)18-16(19)13-6-4-5-11(2)15(13)17(18)20/h4-5,7-9,11,13,15H,6H2,1-3H3/t11-,13+,15-/m1/s1. The highest BCUT2D eigenvalue weighted by Crippen LogP contribution is 2.41. The van der Waals surface area contributed by atoms with Crippen LogP contribution < -0.4 is 4.90 Å². The third-order valence-corrected chi connectivity index (χ3v) is 4.47. The summed E-state index contributed by atoms with van der Waals surface area (Å²) < 4.78 is 0. The Morgan fingerprint density at radius 2 is 1.90 bits per heavy atom. The third kappa shape index (κ3) is 1.80. The largest absolute Gasteiger partial charge is 0.274 e. The lowest BCUT2D eigenvalue weighted by molar-refractivity contribution is -0.122. The molecule has 0 radical (unpaired) electrons. The molecule has 2 aliphatic rings. The zero-order valence-electron chi connectivity index (χ0n) is 12.1. The van der Waals surface area contributed by atoms with Crippen LogP contribution >= 0.6 is 0 Å². The Labute approximate surface area is 119 Å². The van der Waals surface area contributed by atoms with Crippen LogP contribution in [0.5, 0.6) is 0 Å². The highest BCUT2D eigenvalue weighted by molar-refractivity contribution is 6.22. The average Bonchev–Trinajstić information content (AvgIpc) is 2.64. The Hall–Kier alpha value is -1.90. The second-order valence-corrected chi connectivity index (χ2v) is 5.96. The van der Waals surface area contributed by atoms with Crippen molar-refractivity contribution in [2.75, 3.05) is 4.90 Å². The van der Waals surface area contributed by atoms with Crippen LogP contribution in [0, 0.1) is 31.6 Å². The van der Waals surface area contributed by atoms with Crippen LogP contribution in [0.2, 0.25) is 0 Å². The van der Waals surface area contributed by atoms with E-state index in [0.717, 1.165) is 16.8 Å². The molecule has 1 aromatic rings. The number of hydrogen-bond acceptors (Lipinski definition) is 2. The van der Waals surface area contributed by atoms with E-state index < -0.39 is 0 Å². The van der Waals surface area contributed by atoms with Crippen LogP contribution in [0.25, 0.3) is 0 Å². The van der Waals surface area contributed by atoms with Crippen molar-refractivity contribution in [1.29, 1.82) is 0 Å². The molecule has 1 heterocycles. The molecule has 1 fully saturated rings. The number of nitrogens with zero attached hydrogens (tertiary/aromatic N) is 1. The minimum atomic E-state index is -0.187. The Morgan fingerprint density at radius 3 is 2.55 bits per heavy atom. The van der Waals surface area contributed by atoms with Crippen LogP contribution in [-0.2, 0) is 9.59 Å². The molecular weight excluding hydrogens is 250 g/mol. The van der Waals surface area contributed by atoms with Crippen molar-refractivity contribution < 1.29 is 9.59 Å². The number of benzene rings is 1. The number of carbonyl (C=O) groups excluding carboxylic acids is 2. The first-order valence-electron chi connectivity index (χ1n) is 7.12. The summed E-state index contributed by atoms with van der Waals surface area (Å²) in [6, 6.07) is 5.85. The predicted octanol–water partition coefficient (Wildman–Crippen LogP) is 3.01. The number of imide groups is 1. The fraction of sp³-hybridized carbons (Fsp3) is 0.412. The molecule has 3 heteroatoms. The van der Waals surface area contributed by atoms with E-state index in [1.54, 1.807) is 0 Å². The zero-order valence-corrected chi connectivity index (χ0v) is 12.1. The highest BCUT2D eigenvalue weighted by Gasteiger charge is 2.50. The van der Waals surface area contributed by atoms with Crippen LogP contribution in [0.3, 0.4) is 0 Å². The van der Waals surface area contributed by atoms with E-state index in [0.29, 0.717) is 6.42 Å². The number of anilines is 1. The van der Waals surface area contributed by atoms with E-state index in [4.69, 9.17) is 0 Å². The van der Waals surface area contributed by atoms with Gasteiger partial charge in [-0.25, -0.2) is 4.90 Å². The maximum absolute atomic E-state index is 12.7. The summed E-state index contributed by atoms with van der Waals surface area (Å²) in [5.41, 5.74) is 2.86. The van der Waals surface area contributed by atoms with Crippen molar-refractivity contribution in [1.82, 2.24) is 0 Å². The highest BCUT2D eigenvalue weighted by atomic mass is 16.2. The zero-order chi connectivity index (χ0) is 14.4. The first-order valence-corrected chi connectivity index (χ1v) is 7.12. The van der Waals surface area contributed by atoms with Gasteiger partial charge in [0.2, 0.25) is 11.8 Å². The minimum absolute atomic E-state index is 0.0381. The molecule has 0 N–H and O–H groups in total. The predicted molar refractivity (Wildman–Crippen MR) is 78.3 cm³/mol. The van der Waals surface area contributed by atoms with Gasteiger partial charge in [-0.2, -0.15) is 0 Å². The maximum Gasteiger partial charge on any atom is 0.238 e. The SMILES string of the molecule is Cc1ccc(N2C(=O)[C@@H]3[C@H](C)C=CC[C@@H]3C2=O)c(C)c1. The molecule has 104 valence electrons. The Bertz CT molecular complexity index is 617. The molecule has 0 bridgehead atoms. The van der Waals surface area contributed by atoms with E-state index in [2.05, 4.69) is 6.08 Å². The van der Waals surface area contributed by atoms with E-state index in [9.17, 15) is 9.59 Å². The van der Waals surface area contributed by atoms with Crippen LogP contribution in [0.1, 0.15) is 24.5 Å².